The maximum Gasteiger partial charge on any atom is 0.272 e. The van der Waals surface area contributed by atoms with Gasteiger partial charge in [0.05, 0.1) is 6.54 Å². The fourth-order valence-corrected chi connectivity index (χ4v) is 3.06. The SMILES string of the molecule is Cc1cccc(NC(=O)c2c(C)cc(C)n2Cc2ccccc2F)c1. The first-order valence-electron chi connectivity index (χ1n) is 8.24. The smallest absolute Gasteiger partial charge is 0.272 e. The molecule has 0 atom stereocenters. The fourth-order valence-electron chi connectivity index (χ4n) is 3.06. The van der Waals surface area contributed by atoms with E-state index in [-0.39, 0.29) is 11.7 Å². The fraction of sp³-hybridized carbons (Fsp3) is 0.190. The minimum atomic E-state index is -0.265. The Bertz CT molecular complexity index is 927. The Kier molecular flexibility index (Phi) is 4.70. The van der Waals surface area contributed by atoms with Gasteiger partial charge in [-0.3, -0.25) is 4.79 Å². The number of carbonyl (C=O) groups excluding carboxylic acids is 1. The quantitative estimate of drug-likeness (QED) is 0.726. The Hall–Kier alpha value is -2.88. The van der Waals surface area contributed by atoms with Gasteiger partial charge >= 0.3 is 0 Å². The average molecular weight is 336 g/mol. The van der Waals surface area contributed by atoms with Crippen molar-refractivity contribution in [1.29, 1.82) is 0 Å². The minimum Gasteiger partial charge on any atom is -0.336 e. The predicted molar refractivity (Wildman–Crippen MR) is 98.5 cm³/mol. The third-order valence-electron chi connectivity index (χ3n) is 4.27. The maximum absolute atomic E-state index is 14.0. The molecule has 1 amide bonds. The second-order valence-electron chi connectivity index (χ2n) is 6.32. The van der Waals surface area contributed by atoms with Crippen molar-refractivity contribution in [1.82, 2.24) is 4.57 Å². The lowest BCUT2D eigenvalue weighted by molar-refractivity contribution is 0.101. The summed E-state index contributed by atoms with van der Waals surface area (Å²) >= 11 is 0. The van der Waals surface area contributed by atoms with Gasteiger partial charge in [0.2, 0.25) is 0 Å². The monoisotopic (exact) mass is 336 g/mol. The zero-order valence-corrected chi connectivity index (χ0v) is 14.6. The number of carbonyl (C=O) groups is 1. The van der Waals surface area contributed by atoms with Gasteiger partial charge in [0.1, 0.15) is 11.5 Å². The second kappa shape index (κ2) is 6.93. The number of nitrogens with one attached hydrogen (secondary N) is 1. The third kappa shape index (κ3) is 3.63. The Morgan fingerprint density at radius 3 is 2.52 bits per heavy atom. The number of hydrogen-bond donors (Lipinski definition) is 1. The standard InChI is InChI=1S/C21H21FN2O/c1-14-7-6-9-18(11-14)23-21(25)20-15(2)12-16(3)24(20)13-17-8-4-5-10-19(17)22/h4-12H,13H2,1-3H3,(H,23,25). The van der Waals surface area contributed by atoms with Crippen molar-refractivity contribution >= 4 is 11.6 Å². The van der Waals surface area contributed by atoms with E-state index < -0.39 is 0 Å². The molecule has 0 unspecified atom stereocenters. The number of halogens is 1. The molecule has 4 heteroatoms. The zero-order valence-electron chi connectivity index (χ0n) is 14.6. The summed E-state index contributed by atoms with van der Waals surface area (Å²) in [5.41, 5.74) is 4.75. The van der Waals surface area contributed by atoms with Crippen molar-refractivity contribution in [2.45, 2.75) is 27.3 Å². The molecule has 0 saturated heterocycles. The lowest BCUT2D eigenvalue weighted by Crippen LogP contribution is -2.19. The minimum absolute atomic E-state index is 0.187. The van der Waals surface area contributed by atoms with Crippen molar-refractivity contribution in [2.24, 2.45) is 0 Å². The number of benzene rings is 2. The van der Waals surface area contributed by atoms with Gasteiger partial charge in [-0.15, -0.1) is 0 Å². The van der Waals surface area contributed by atoms with Crippen LogP contribution in [0.2, 0.25) is 0 Å². The van der Waals surface area contributed by atoms with Gasteiger partial charge in [-0.05, 0) is 56.2 Å². The van der Waals surface area contributed by atoms with Crippen LogP contribution in [0.3, 0.4) is 0 Å². The molecule has 0 bridgehead atoms. The summed E-state index contributed by atoms with van der Waals surface area (Å²) in [5.74, 6) is -0.453. The largest absolute Gasteiger partial charge is 0.336 e. The van der Waals surface area contributed by atoms with Crippen LogP contribution in [0.25, 0.3) is 0 Å². The molecule has 1 heterocycles. The van der Waals surface area contributed by atoms with Gasteiger partial charge in [0.15, 0.2) is 0 Å². The Labute approximate surface area is 147 Å². The molecule has 0 aliphatic rings. The molecule has 0 aliphatic heterocycles. The van der Waals surface area contributed by atoms with E-state index in [4.69, 9.17) is 0 Å². The zero-order chi connectivity index (χ0) is 18.0. The summed E-state index contributed by atoms with van der Waals surface area (Å²) in [7, 11) is 0. The van der Waals surface area contributed by atoms with Crippen molar-refractivity contribution < 1.29 is 9.18 Å². The van der Waals surface area contributed by atoms with E-state index in [0.717, 1.165) is 22.5 Å². The van der Waals surface area contributed by atoms with Crippen LogP contribution in [0.4, 0.5) is 10.1 Å². The molecule has 3 rings (SSSR count). The van der Waals surface area contributed by atoms with Crippen molar-refractivity contribution in [3.05, 3.63) is 88.5 Å². The molecule has 0 fully saturated rings. The topological polar surface area (TPSA) is 34.0 Å². The van der Waals surface area contributed by atoms with E-state index in [1.165, 1.54) is 6.07 Å². The van der Waals surface area contributed by atoms with Crippen LogP contribution >= 0.6 is 0 Å². The maximum atomic E-state index is 14.0. The molecule has 25 heavy (non-hydrogen) atoms. The molecule has 2 aromatic carbocycles. The molecule has 0 aliphatic carbocycles. The highest BCUT2D eigenvalue weighted by Crippen LogP contribution is 2.20. The van der Waals surface area contributed by atoms with Crippen molar-refractivity contribution in [3.63, 3.8) is 0 Å². The number of anilines is 1. The number of hydrogen-bond acceptors (Lipinski definition) is 1. The highest BCUT2D eigenvalue weighted by Gasteiger charge is 2.18. The molecule has 3 aromatic rings. The van der Waals surface area contributed by atoms with Crippen LogP contribution in [0.5, 0.6) is 0 Å². The van der Waals surface area contributed by atoms with Crippen LogP contribution < -0.4 is 5.32 Å². The van der Waals surface area contributed by atoms with E-state index in [9.17, 15) is 9.18 Å². The van der Waals surface area contributed by atoms with Crippen LogP contribution in [0, 0.1) is 26.6 Å². The first-order chi connectivity index (χ1) is 12.0. The van der Waals surface area contributed by atoms with Crippen molar-refractivity contribution in [3.8, 4) is 0 Å². The number of amides is 1. The van der Waals surface area contributed by atoms with E-state index in [1.54, 1.807) is 18.2 Å². The molecular weight excluding hydrogens is 315 g/mol. The number of aromatic nitrogens is 1. The van der Waals surface area contributed by atoms with Gasteiger partial charge in [-0.1, -0.05) is 30.3 Å². The number of rotatable bonds is 4. The normalized spacial score (nSPS) is 10.7. The Morgan fingerprint density at radius 2 is 1.80 bits per heavy atom. The molecule has 0 spiro atoms. The van der Waals surface area contributed by atoms with E-state index in [1.807, 2.05) is 55.7 Å². The molecule has 128 valence electrons. The van der Waals surface area contributed by atoms with Crippen LogP contribution in [0.1, 0.15) is 32.9 Å². The van der Waals surface area contributed by atoms with Crippen LogP contribution in [0.15, 0.2) is 54.6 Å². The summed E-state index contributed by atoms with van der Waals surface area (Å²) in [6.07, 6.45) is 0. The van der Waals surface area contributed by atoms with E-state index in [0.29, 0.717) is 17.8 Å². The third-order valence-corrected chi connectivity index (χ3v) is 4.27. The van der Waals surface area contributed by atoms with E-state index in [2.05, 4.69) is 5.32 Å². The molecule has 0 saturated carbocycles. The highest BCUT2D eigenvalue weighted by molar-refractivity contribution is 6.04. The molecule has 0 radical (unpaired) electrons. The summed E-state index contributed by atoms with van der Waals surface area (Å²) in [6.45, 7) is 6.13. The van der Waals surface area contributed by atoms with Gasteiger partial charge in [-0.25, -0.2) is 4.39 Å². The lowest BCUT2D eigenvalue weighted by Gasteiger charge is -2.14. The molecule has 3 nitrogen and oxygen atoms in total. The first kappa shape index (κ1) is 17.0. The molecule has 1 N–H and O–H groups in total. The summed E-state index contributed by atoms with van der Waals surface area (Å²) in [5, 5.41) is 2.94. The first-order valence-corrected chi connectivity index (χ1v) is 8.24. The highest BCUT2D eigenvalue weighted by atomic mass is 19.1. The molecular formula is C21H21FN2O. The Morgan fingerprint density at radius 1 is 1.04 bits per heavy atom. The lowest BCUT2D eigenvalue weighted by atomic mass is 10.2. The summed E-state index contributed by atoms with van der Waals surface area (Å²) in [4.78, 5) is 12.8. The van der Waals surface area contributed by atoms with Crippen LogP contribution in [-0.2, 0) is 6.54 Å². The van der Waals surface area contributed by atoms with Gasteiger partial charge < -0.3 is 9.88 Å². The summed E-state index contributed by atoms with van der Waals surface area (Å²) < 4.78 is 15.9. The van der Waals surface area contributed by atoms with Gasteiger partial charge in [0.25, 0.3) is 5.91 Å². The van der Waals surface area contributed by atoms with E-state index >= 15 is 0 Å². The summed E-state index contributed by atoms with van der Waals surface area (Å²) in [6, 6.07) is 16.3. The number of nitrogens with zero attached hydrogens (tertiary/aromatic N) is 1. The second-order valence-corrected chi connectivity index (χ2v) is 6.32. The van der Waals surface area contributed by atoms with Crippen molar-refractivity contribution in [2.75, 3.05) is 5.32 Å². The van der Waals surface area contributed by atoms with Crippen LogP contribution in [-0.4, -0.2) is 10.5 Å². The average Bonchev–Trinajstić information content (AvgIpc) is 2.83. The Balaban J connectivity index is 1.93. The molecule has 1 aromatic heterocycles. The van der Waals surface area contributed by atoms with Gasteiger partial charge in [0, 0.05) is 16.9 Å². The predicted octanol–water partition coefficient (Wildman–Crippen LogP) is 4.85. The number of aryl methyl sites for hydroxylation is 3. The van der Waals surface area contributed by atoms with Gasteiger partial charge in [-0.2, -0.15) is 0 Å².